The van der Waals surface area contributed by atoms with Crippen LogP contribution in [0.2, 0.25) is 0 Å². The lowest BCUT2D eigenvalue weighted by Gasteiger charge is -2.34. The van der Waals surface area contributed by atoms with E-state index >= 15 is 0 Å². The molecule has 0 bridgehead atoms. The van der Waals surface area contributed by atoms with E-state index in [0.29, 0.717) is 0 Å². The van der Waals surface area contributed by atoms with E-state index in [1.165, 1.54) is 49.8 Å². The highest BCUT2D eigenvalue weighted by molar-refractivity contribution is 5.56. The Kier molecular flexibility index (Phi) is 4.43. The predicted octanol–water partition coefficient (Wildman–Crippen LogP) is 3.85. The molecule has 3 heteroatoms. The zero-order chi connectivity index (χ0) is 14.7. The third kappa shape index (κ3) is 3.05. The first-order valence-electron chi connectivity index (χ1n) is 8.49. The zero-order valence-corrected chi connectivity index (χ0v) is 13.1. The van der Waals surface area contributed by atoms with Gasteiger partial charge in [0, 0.05) is 18.8 Å². The lowest BCUT2D eigenvalue weighted by atomic mass is 9.91. The van der Waals surface area contributed by atoms with Crippen LogP contribution in [0.15, 0.2) is 6.07 Å². The van der Waals surface area contributed by atoms with E-state index in [2.05, 4.69) is 24.0 Å². The molecule has 0 atom stereocenters. The van der Waals surface area contributed by atoms with Crippen molar-refractivity contribution in [3.63, 3.8) is 0 Å². The Labute approximate surface area is 128 Å². The molecule has 2 aliphatic rings. The number of hydrogen-bond acceptors (Lipinski definition) is 3. The molecular weight excluding hydrogens is 258 g/mol. The average Bonchev–Trinajstić information content (AvgIpc) is 2.54. The molecule has 1 aliphatic carbocycles. The standard InChI is InChI=1S/C18H25N3/c1-2-5-14-8-10-21(11-9-14)18-16(13-19)12-15-6-3-4-7-17(15)20-18/h12,14H,2-11H2,1H3. The van der Waals surface area contributed by atoms with Crippen molar-refractivity contribution in [2.75, 3.05) is 18.0 Å². The number of pyridine rings is 1. The number of aryl methyl sites for hydroxylation is 2. The van der Waals surface area contributed by atoms with Crippen LogP contribution in [0.1, 0.15) is 62.3 Å². The normalized spacial score (nSPS) is 19.1. The molecule has 3 rings (SSSR count). The van der Waals surface area contributed by atoms with E-state index in [-0.39, 0.29) is 0 Å². The lowest BCUT2D eigenvalue weighted by Crippen LogP contribution is -2.35. The number of piperidine rings is 1. The topological polar surface area (TPSA) is 39.9 Å². The van der Waals surface area contributed by atoms with Crippen molar-refractivity contribution in [1.29, 1.82) is 5.26 Å². The molecule has 0 spiro atoms. The summed E-state index contributed by atoms with van der Waals surface area (Å²) < 4.78 is 0. The quantitative estimate of drug-likeness (QED) is 0.846. The Morgan fingerprint density at radius 2 is 2.05 bits per heavy atom. The Morgan fingerprint density at radius 1 is 1.29 bits per heavy atom. The minimum absolute atomic E-state index is 0.782. The van der Waals surface area contributed by atoms with E-state index in [4.69, 9.17) is 4.98 Å². The second-order valence-corrected chi connectivity index (χ2v) is 6.50. The number of hydrogen-bond donors (Lipinski definition) is 0. The molecule has 2 heterocycles. The number of rotatable bonds is 3. The number of anilines is 1. The predicted molar refractivity (Wildman–Crippen MR) is 85.4 cm³/mol. The first-order valence-corrected chi connectivity index (χ1v) is 8.49. The van der Waals surface area contributed by atoms with Gasteiger partial charge in [-0.05, 0) is 56.1 Å². The van der Waals surface area contributed by atoms with Gasteiger partial charge in [-0.3, -0.25) is 0 Å². The number of aromatic nitrogens is 1. The maximum absolute atomic E-state index is 9.47. The van der Waals surface area contributed by atoms with Gasteiger partial charge in [0.1, 0.15) is 11.9 Å². The van der Waals surface area contributed by atoms with E-state index in [1.54, 1.807) is 0 Å². The summed E-state index contributed by atoms with van der Waals surface area (Å²) >= 11 is 0. The number of nitrogens with zero attached hydrogens (tertiary/aromatic N) is 3. The molecule has 1 aliphatic heterocycles. The molecule has 0 radical (unpaired) electrons. The van der Waals surface area contributed by atoms with E-state index in [9.17, 15) is 5.26 Å². The third-order valence-corrected chi connectivity index (χ3v) is 5.01. The molecular formula is C18H25N3. The van der Waals surface area contributed by atoms with Crippen LogP contribution in [0.4, 0.5) is 5.82 Å². The Morgan fingerprint density at radius 3 is 2.76 bits per heavy atom. The van der Waals surface area contributed by atoms with Crippen LogP contribution in [0.3, 0.4) is 0 Å². The molecule has 0 saturated carbocycles. The Bertz CT molecular complexity index is 536. The van der Waals surface area contributed by atoms with Crippen molar-refractivity contribution in [1.82, 2.24) is 4.98 Å². The molecule has 1 saturated heterocycles. The molecule has 0 amide bonds. The Hall–Kier alpha value is -1.56. The summed E-state index contributed by atoms with van der Waals surface area (Å²) in [4.78, 5) is 7.23. The van der Waals surface area contributed by atoms with E-state index < -0.39 is 0 Å². The summed E-state index contributed by atoms with van der Waals surface area (Å²) in [6.45, 7) is 4.39. The summed E-state index contributed by atoms with van der Waals surface area (Å²) in [5.74, 6) is 1.82. The highest BCUT2D eigenvalue weighted by Gasteiger charge is 2.23. The van der Waals surface area contributed by atoms with Gasteiger partial charge in [-0.15, -0.1) is 0 Å². The molecule has 0 N–H and O–H groups in total. The molecule has 1 fully saturated rings. The van der Waals surface area contributed by atoms with Crippen LogP contribution < -0.4 is 4.90 Å². The van der Waals surface area contributed by atoms with E-state index in [0.717, 1.165) is 43.2 Å². The van der Waals surface area contributed by atoms with Gasteiger partial charge in [0.25, 0.3) is 0 Å². The first-order chi connectivity index (χ1) is 10.3. The SMILES string of the molecule is CCCC1CCN(c2nc3c(cc2C#N)CCCC3)CC1. The van der Waals surface area contributed by atoms with Crippen LogP contribution in [0.5, 0.6) is 0 Å². The smallest absolute Gasteiger partial charge is 0.146 e. The van der Waals surface area contributed by atoms with Gasteiger partial charge in [0.2, 0.25) is 0 Å². The maximum atomic E-state index is 9.47. The van der Waals surface area contributed by atoms with Gasteiger partial charge < -0.3 is 4.90 Å². The summed E-state index contributed by atoms with van der Waals surface area (Å²) in [6, 6.07) is 4.48. The fourth-order valence-corrected chi connectivity index (χ4v) is 3.79. The molecule has 3 nitrogen and oxygen atoms in total. The molecule has 0 unspecified atom stereocenters. The second kappa shape index (κ2) is 6.47. The van der Waals surface area contributed by atoms with Crippen LogP contribution >= 0.6 is 0 Å². The maximum Gasteiger partial charge on any atom is 0.146 e. The second-order valence-electron chi connectivity index (χ2n) is 6.50. The summed E-state index contributed by atoms with van der Waals surface area (Å²) in [5, 5.41) is 9.47. The highest BCUT2D eigenvalue weighted by atomic mass is 15.2. The third-order valence-electron chi connectivity index (χ3n) is 5.01. The monoisotopic (exact) mass is 283 g/mol. The van der Waals surface area contributed by atoms with Crippen molar-refractivity contribution < 1.29 is 0 Å². The Balaban J connectivity index is 1.80. The fourth-order valence-electron chi connectivity index (χ4n) is 3.79. The van der Waals surface area contributed by atoms with Crippen molar-refractivity contribution in [3.05, 3.63) is 22.9 Å². The molecule has 1 aromatic heterocycles. The largest absolute Gasteiger partial charge is 0.355 e. The first kappa shape index (κ1) is 14.4. The molecule has 1 aromatic rings. The molecule has 112 valence electrons. The highest BCUT2D eigenvalue weighted by Crippen LogP contribution is 2.30. The van der Waals surface area contributed by atoms with Gasteiger partial charge in [0.05, 0.1) is 5.56 Å². The van der Waals surface area contributed by atoms with Gasteiger partial charge in [-0.25, -0.2) is 4.98 Å². The van der Waals surface area contributed by atoms with Crippen molar-refractivity contribution in [3.8, 4) is 6.07 Å². The summed E-state index contributed by atoms with van der Waals surface area (Å²) in [5.41, 5.74) is 3.33. The van der Waals surface area contributed by atoms with Gasteiger partial charge in [-0.1, -0.05) is 19.8 Å². The molecule has 0 aromatic carbocycles. The number of nitriles is 1. The zero-order valence-electron chi connectivity index (χ0n) is 13.1. The number of fused-ring (bicyclic) bond motifs is 1. The van der Waals surface area contributed by atoms with Crippen molar-refractivity contribution >= 4 is 5.82 Å². The van der Waals surface area contributed by atoms with Gasteiger partial charge >= 0.3 is 0 Å². The van der Waals surface area contributed by atoms with Crippen molar-refractivity contribution in [2.45, 2.75) is 58.3 Å². The van der Waals surface area contributed by atoms with Crippen LogP contribution in [-0.4, -0.2) is 18.1 Å². The van der Waals surface area contributed by atoms with Gasteiger partial charge in [-0.2, -0.15) is 5.26 Å². The lowest BCUT2D eigenvalue weighted by molar-refractivity contribution is 0.377. The summed E-state index contributed by atoms with van der Waals surface area (Å²) in [7, 11) is 0. The van der Waals surface area contributed by atoms with Crippen LogP contribution in [0, 0.1) is 17.2 Å². The average molecular weight is 283 g/mol. The van der Waals surface area contributed by atoms with Crippen molar-refractivity contribution in [2.24, 2.45) is 5.92 Å². The van der Waals surface area contributed by atoms with Crippen LogP contribution in [0.25, 0.3) is 0 Å². The summed E-state index contributed by atoms with van der Waals surface area (Å²) in [6.07, 6.45) is 9.78. The van der Waals surface area contributed by atoms with Crippen LogP contribution in [-0.2, 0) is 12.8 Å². The minimum atomic E-state index is 0.782. The fraction of sp³-hybridized carbons (Fsp3) is 0.667. The molecule has 21 heavy (non-hydrogen) atoms. The minimum Gasteiger partial charge on any atom is -0.355 e. The van der Waals surface area contributed by atoms with Gasteiger partial charge in [0.15, 0.2) is 0 Å². The van der Waals surface area contributed by atoms with E-state index in [1.807, 2.05) is 0 Å².